The molecule has 6 nitrogen and oxygen atoms in total. The zero-order valence-corrected chi connectivity index (χ0v) is 18.7. The molecule has 0 rings (SSSR count). The van der Waals surface area contributed by atoms with Crippen LogP contribution in [0.1, 0.15) is 105 Å². The molecule has 0 saturated heterocycles. The van der Waals surface area contributed by atoms with Crippen molar-refractivity contribution >= 4 is 11.9 Å². The van der Waals surface area contributed by atoms with Crippen LogP contribution in [0, 0.1) is 11.8 Å². The second kappa shape index (κ2) is 25.9. The summed E-state index contributed by atoms with van der Waals surface area (Å²) in [5.74, 6) is -0.620. The zero-order chi connectivity index (χ0) is 22.2. The molecule has 0 fully saturated rings. The topological polar surface area (TPSA) is 115 Å². The van der Waals surface area contributed by atoms with Crippen molar-refractivity contribution in [1.82, 2.24) is 0 Å². The van der Waals surface area contributed by atoms with E-state index in [1.165, 1.54) is 38.5 Å². The Morgan fingerprint density at radius 3 is 1.14 bits per heavy atom. The Hall–Kier alpha value is -1.14. The smallest absolute Gasteiger partial charge is 0.303 e. The second-order valence-electron chi connectivity index (χ2n) is 7.19. The van der Waals surface area contributed by atoms with Crippen LogP contribution in [0.5, 0.6) is 0 Å². The minimum atomic E-state index is -0.870. The summed E-state index contributed by atoms with van der Waals surface area (Å²) in [6, 6.07) is 0. The second-order valence-corrected chi connectivity index (χ2v) is 7.19. The lowest BCUT2D eigenvalue weighted by Crippen LogP contribution is -2.03. The van der Waals surface area contributed by atoms with Gasteiger partial charge in [-0.2, -0.15) is 0 Å². The van der Waals surface area contributed by atoms with Gasteiger partial charge in [-0.25, -0.2) is 0 Å². The summed E-state index contributed by atoms with van der Waals surface area (Å²) in [6.07, 6.45) is 10.7. The van der Waals surface area contributed by atoms with Crippen molar-refractivity contribution in [3.63, 3.8) is 0 Å². The summed E-state index contributed by atoms with van der Waals surface area (Å²) >= 11 is 0. The van der Waals surface area contributed by atoms with Gasteiger partial charge in [0.05, 0.1) is 0 Å². The van der Waals surface area contributed by atoms with Gasteiger partial charge in [0.1, 0.15) is 0 Å². The highest BCUT2D eigenvalue weighted by atomic mass is 16.4. The highest BCUT2D eigenvalue weighted by Gasteiger charge is 2.02. The van der Waals surface area contributed by atoms with E-state index < -0.39 is 11.9 Å². The highest BCUT2D eigenvalue weighted by Crippen LogP contribution is 2.11. The van der Waals surface area contributed by atoms with Crippen LogP contribution in [0.3, 0.4) is 0 Å². The molecule has 0 aliphatic rings. The number of hydrogen-bond donors (Lipinski definition) is 4. The third-order valence-electron chi connectivity index (χ3n) is 4.63. The van der Waals surface area contributed by atoms with Crippen LogP contribution in [0.15, 0.2) is 0 Å². The molecule has 28 heavy (non-hydrogen) atoms. The van der Waals surface area contributed by atoms with Gasteiger partial charge in [0.25, 0.3) is 0 Å². The maximum Gasteiger partial charge on any atom is 0.303 e. The van der Waals surface area contributed by atoms with E-state index in [-0.39, 0.29) is 12.8 Å². The third-order valence-corrected chi connectivity index (χ3v) is 4.63. The van der Waals surface area contributed by atoms with Gasteiger partial charge in [-0.05, 0) is 37.5 Å². The summed E-state index contributed by atoms with van der Waals surface area (Å²) in [5, 5.41) is 33.8. The minimum Gasteiger partial charge on any atom is -0.481 e. The molecule has 4 N–H and O–H groups in total. The Kier molecular flexibility index (Phi) is 29.1. The Balaban J connectivity index is -0.000000336. The number of carbonyl (C=O) groups is 2. The van der Waals surface area contributed by atoms with E-state index in [1.54, 1.807) is 0 Å². The predicted molar refractivity (Wildman–Crippen MR) is 115 cm³/mol. The number of carboxylic acids is 2. The molecule has 0 heterocycles. The largest absolute Gasteiger partial charge is 0.481 e. The molecular formula is C22H46O6. The van der Waals surface area contributed by atoms with E-state index in [1.807, 2.05) is 0 Å². The molecule has 0 amide bonds. The van der Waals surface area contributed by atoms with Crippen LogP contribution in [0.2, 0.25) is 0 Å². The molecule has 0 aromatic heterocycles. The Morgan fingerprint density at radius 2 is 0.964 bits per heavy atom. The molecule has 0 bridgehead atoms. The third kappa shape index (κ3) is 29.6. The van der Waals surface area contributed by atoms with Crippen LogP contribution in [-0.2, 0) is 9.59 Å². The van der Waals surface area contributed by atoms with Crippen molar-refractivity contribution in [1.29, 1.82) is 0 Å². The predicted octanol–water partition coefficient (Wildman–Crippen LogP) is 5.11. The monoisotopic (exact) mass is 406 g/mol. The van der Waals surface area contributed by atoms with Crippen LogP contribution in [0.4, 0.5) is 0 Å². The quantitative estimate of drug-likeness (QED) is 0.281. The standard InChI is InChI=1S/2C8H18O.C6H10O4/c2*1-3-5-6-8(4-2)7-9;7-5(8)3-1-2-4-6(9)10/h2*8-9H,3-7H2,1-2H3;1-4H2,(H,7,8)(H,9,10). The van der Waals surface area contributed by atoms with Crippen molar-refractivity contribution in [2.75, 3.05) is 13.2 Å². The first-order valence-corrected chi connectivity index (χ1v) is 11.0. The molecule has 0 spiro atoms. The summed E-state index contributed by atoms with van der Waals surface area (Å²) < 4.78 is 0. The van der Waals surface area contributed by atoms with Gasteiger partial charge >= 0.3 is 11.9 Å². The first kappa shape index (κ1) is 31.6. The van der Waals surface area contributed by atoms with E-state index in [0.717, 1.165) is 12.8 Å². The van der Waals surface area contributed by atoms with Crippen LogP contribution < -0.4 is 0 Å². The van der Waals surface area contributed by atoms with E-state index in [0.29, 0.717) is 37.9 Å². The van der Waals surface area contributed by atoms with Crippen molar-refractivity contribution in [3.05, 3.63) is 0 Å². The number of carboxylic acid groups (broad SMARTS) is 2. The molecule has 0 aromatic carbocycles. The van der Waals surface area contributed by atoms with Crippen molar-refractivity contribution in [2.45, 2.75) is 105 Å². The van der Waals surface area contributed by atoms with Crippen LogP contribution in [-0.4, -0.2) is 45.6 Å². The fraction of sp³-hybridized carbons (Fsp3) is 0.909. The lowest BCUT2D eigenvalue weighted by molar-refractivity contribution is -0.139. The SMILES string of the molecule is CCCCC(CC)CO.CCCCC(CC)CO.O=C(O)CCCCC(=O)O. The maximum atomic E-state index is 9.90. The van der Waals surface area contributed by atoms with E-state index in [2.05, 4.69) is 27.7 Å². The van der Waals surface area contributed by atoms with E-state index >= 15 is 0 Å². The lowest BCUT2D eigenvalue weighted by atomic mass is 10.0. The first-order valence-electron chi connectivity index (χ1n) is 11.0. The summed E-state index contributed by atoms with van der Waals surface area (Å²) in [4.78, 5) is 19.8. The fourth-order valence-electron chi connectivity index (χ4n) is 2.39. The fourth-order valence-corrected chi connectivity index (χ4v) is 2.39. The van der Waals surface area contributed by atoms with Gasteiger partial charge in [-0.3, -0.25) is 9.59 Å². The van der Waals surface area contributed by atoms with Crippen molar-refractivity contribution in [3.8, 4) is 0 Å². The van der Waals surface area contributed by atoms with Crippen molar-refractivity contribution < 1.29 is 30.0 Å². The average Bonchev–Trinajstić information content (AvgIpc) is 2.68. The van der Waals surface area contributed by atoms with Gasteiger partial charge in [-0.1, -0.05) is 66.2 Å². The van der Waals surface area contributed by atoms with Crippen molar-refractivity contribution in [2.24, 2.45) is 11.8 Å². The van der Waals surface area contributed by atoms with Gasteiger partial charge in [-0.15, -0.1) is 0 Å². The average molecular weight is 407 g/mol. The zero-order valence-electron chi connectivity index (χ0n) is 18.7. The maximum absolute atomic E-state index is 9.90. The Bertz CT molecular complexity index is 293. The first-order chi connectivity index (χ1) is 13.3. The summed E-state index contributed by atoms with van der Waals surface area (Å²) in [6.45, 7) is 9.38. The number of aliphatic hydroxyl groups is 2. The minimum absolute atomic E-state index is 0.0628. The molecule has 6 heteroatoms. The molecular weight excluding hydrogens is 360 g/mol. The number of hydrogen-bond acceptors (Lipinski definition) is 4. The number of unbranched alkanes of at least 4 members (excludes halogenated alkanes) is 3. The van der Waals surface area contributed by atoms with E-state index in [4.69, 9.17) is 20.4 Å². The summed E-state index contributed by atoms with van der Waals surface area (Å²) in [5.41, 5.74) is 0. The van der Waals surface area contributed by atoms with Gasteiger partial charge in [0, 0.05) is 26.1 Å². The lowest BCUT2D eigenvalue weighted by Gasteiger charge is -2.08. The Labute approximate surface area is 172 Å². The molecule has 170 valence electrons. The molecule has 2 atom stereocenters. The van der Waals surface area contributed by atoms with E-state index in [9.17, 15) is 9.59 Å². The van der Waals surface area contributed by atoms with Gasteiger partial charge in [0.15, 0.2) is 0 Å². The van der Waals surface area contributed by atoms with Crippen LogP contribution >= 0.6 is 0 Å². The molecule has 0 aliphatic heterocycles. The molecule has 2 unspecified atom stereocenters. The molecule has 0 aliphatic carbocycles. The normalized spacial score (nSPS) is 12.1. The van der Waals surface area contributed by atoms with Gasteiger partial charge < -0.3 is 20.4 Å². The van der Waals surface area contributed by atoms with Gasteiger partial charge in [0.2, 0.25) is 0 Å². The number of aliphatic carboxylic acids is 2. The number of rotatable bonds is 15. The number of aliphatic hydroxyl groups excluding tert-OH is 2. The molecule has 0 saturated carbocycles. The highest BCUT2D eigenvalue weighted by molar-refractivity contribution is 5.67. The molecule has 0 aromatic rings. The molecule has 0 radical (unpaired) electrons. The Morgan fingerprint density at radius 1 is 0.643 bits per heavy atom. The van der Waals surface area contributed by atoms with Crippen LogP contribution in [0.25, 0.3) is 0 Å². The summed E-state index contributed by atoms with van der Waals surface area (Å²) in [7, 11) is 0.